The summed E-state index contributed by atoms with van der Waals surface area (Å²) in [6, 6.07) is 16.0. The third-order valence-electron chi connectivity index (χ3n) is 4.71. The Labute approximate surface area is 143 Å². The van der Waals surface area contributed by atoms with Crippen molar-refractivity contribution >= 4 is 5.91 Å². The number of nitrogens with zero attached hydrogens (tertiary/aromatic N) is 1. The van der Waals surface area contributed by atoms with Crippen LogP contribution >= 0.6 is 0 Å². The zero-order valence-electron chi connectivity index (χ0n) is 14.2. The van der Waals surface area contributed by atoms with Gasteiger partial charge < -0.3 is 15.4 Å². The minimum Gasteiger partial charge on any atom is -0.496 e. The van der Waals surface area contributed by atoms with Crippen molar-refractivity contribution in [3.8, 4) is 16.9 Å². The van der Waals surface area contributed by atoms with Crippen molar-refractivity contribution in [3.63, 3.8) is 0 Å². The third kappa shape index (κ3) is 3.29. The first-order valence-electron chi connectivity index (χ1n) is 8.40. The summed E-state index contributed by atoms with van der Waals surface area (Å²) in [4.78, 5) is 14.9. The molecular weight excluding hydrogens is 300 g/mol. The van der Waals surface area contributed by atoms with E-state index in [0.717, 1.165) is 29.7 Å². The van der Waals surface area contributed by atoms with Gasteiger partial charge in [0.25, 0.3) is 5.91 Å². The Balaban J connectivity index is 1.93. The monoisotopic (exact) mass is 324 g/mol. The van der Waals surface area contributed by atoms with Crippen LogP contribution in [0.2, 0.25) is 0 Å². The number of hydrogen-bond acceptors (Lipinski definition) is 3. The number of benzene rings is 2. The molecule has 0 aliphatic carbocycles. The normalized spacial score (nSPS) is 20.7. The van der Waals surface area contributed by atoms with Crippen LogP contribution in [0.15, 0.2) is 48.5 Å². The molecule has 0 bridgehead atoms. The van der Waals surface area contributed by atoms with Crippen LogP contribution in [0.3, 0.4) is 0 Å². The number of nitrogens with two attached hydrogens (primary N) is 1. The molecule has 4 heteroatoms. The topological polar surface area (TPSA) is 55.6 Å². The second-order valence-corrected chi connectivity index (χ2v) is 6.41. The molecule has 2 atom stereocenters. The highest BCUT2D eigenvalue weighted by Gasteiger charge is 2.28. The molecule has 3 rings (SSSR count). The molecule has 126 valence electrons. The molecule has 1 aliphatic rings. The first kappa shape index (κ1) is 16.5. The van der Waals surface area contributed by atoms with E-state index in [1.165, 1.54) is 0 Å². The van der Waals surface area contributed by atoms with Crippen molar-refractivity contribution in [2.75, 3.05) is 13.7 Å². The number of ether oxygens (including phenoxy) is 1. The van der Waals surface area contributed by atoms with Crippen molar-refractivity contribution in [2.45, 2.75) is 31.8 Å². The lowest BCUT2D eigenvalue weighted by Gasteiger charge is -2.36. The lowest BCUT2D eigenvalue weighted by molar-refractivity contribution is 0.0619. The van der Waals surface area contributed by atoms with Crippen LogP contribution in [-0.4, -0.2) is 36.5 Å². The summed E-state index contributed by atoms with van der Waals surface area (Å²) in [5.41, 5.74) is 8.68. The van der Waals surface area contributed by atoms with Crippen LogP contribution < -0.4 is 10.5 Å². The predicted octanol–water partition coefficient (Wildman–Crippen LogP) is 3.31. The minimum atomic E-state index is 0.0641. The molecule has 0 saturated carbocycles. The van der Waals surface area contributed by atoms with Gasteiger partial charge in [0, 0.05) is 29.8 Å². The summed E-state index contributed by atoms with van der Waals surface area (Å²) in [6.45, 7) is 2.78. The standard InChI is InChI=1S/C20H24N2O2/c1-14-12-17(21)10-11-22(14)20(23)16-8-9-19(24-2)18(13-16)15-6-4-3-5-7-15/h3-9,13-14,17H,10-12,21H2,1-2H3/t14-,17-/m0/s1. The first-order chi connectivity index (χ1) is 11.6. The van der Waals surface area contributed by atoms with Gasteiger partial charge >= 0.3 is 0 Å². The summed E-state index contributed by atoms with van der Waals surface area (Å²) in [5.74, 6) is 0.834. The lowest BCUT2D eigenvalue weighted by atomic mass is 9.97. The number of rotatable bonds is 3. The summed E-state index contributed by atoms with van der Waals surface area (Å²) >= 11 is 0. The van der Waals surface area contributed by atoms with E-state index in [4.69, 9.17) is 10.5 Å². The van der Waals surface area contributed by atoms with Gasteiger partial charge in [0.05, 0.1) is 7.11 Å². The van der Waals surface area contributed by atoms with Crippen LogP contribution in [-0.2, 0) is 0 Å². The fraction of sp³-hybridized carbons (Fsp3) is 0.350. The molecule has 2 aromatic carbocycles. The molecule has 1 fully saturated rings. The highest BCUT2D eigenvalue weighted by molar-refractivity contribution is 5.96. The van der Waals surface area contributed by atoms with Crippen molar-refractivity contribution < 1.29 is 9.53 Å². The fourth-order valence-corrected chi connectivity index (χ4v) is 3.36. The third-order valence-corrected chi connectivity index (χ3v) is 4.71. The number of hydrogen-bond donors (Lipinski definition) is 1. The summed E-state index contributed by atoms with van der Waals surface area (Å²) in [7, 11) is 1.65. The van der Waals surface area contributed by atoms with Gasteiger partial charge in [0.1, 0.15) is 5.75 Å². The average Bonchev–Trinajstić information content (AvgIpc) is 2.61. The van der Waals surface area contributed by atoms with Crippen LogP contribution in [0.1, 0.15) is 30.1 Å². The molecule has 1 saturated heterocycles. The van der Waals surface area contributed by atoms with Gasteiger partial charge in [-0.1, -0.05) is 30.3 Å². The largest absolute Gasteiger partial charge is 0.496 e. The van der Waals surface area contributed by atoms with E-state index >= 15 is 0 Å². The summed E-state index contributed by atoms with van der Waals surface area (Å²) in [5, 5.41) is 0. The Morgan fingerprint density at radius 1 is 1.21 bits per heavy atom. The molecule has 0 radical (unpaired) electrons. The summed E-state index contributed by atoms with van der Waals surface area (Å²) in [6.07, 6.45) is 1.71. The molecule has 24 heavy (non-hydrogen) atoms. The van der Waals surface area contributed by atoms with Crippen molar-refractivity contribution in [1.29, 1.82) is 0 Å². The highest BCUT2D eigenvalue weighted by atomic mass is 16.5. The zero-order chi connectivity index (χ0) is 17.1. The van der Waals surface area contributed by atoms with Crippen LogP contribution in [0.25, 0.3) is 11.1 Å². The van der Waals surface area contributed by atoms with E-state index < -0.39 is 0 Å². The van der Waals surface area contributed by atoms with Gasteiger partial charge in [0.2, 0.25) is 0 Å². The molecule has 0 unspecified atom stereocenters. The van der Waals surface area contributed by atoms with Gasteiger partial charge in [-0.05, 0) is 43.5 Å². The van der Waals surface area contributed by atoms with Gasteiger partial charge in [-0.25, -0.2) is 0 Å². The molecule has 4 nitrogen and oxygen atoms in total. The van der Waals surface area contributed by atoms with Crippen molar-refractivity contribution in [2.24, 2.45) is 5.73 Å². The molecular formula is C20H24N2O2. The number of amides is 1. The van der Waals surface area contributed by atoms with Crippen LogP contribution in [0.5, 0.6) is 5.75 Å². The Hall–Kier alpha value is -2.33. The molecule has 2 N–H and O–H groups in total. The minimum absolute atomic E-state index is 0.0641. The number of methoxy groups -OCH3 is 1. The average molecular weight is 324 g/mol. The van der Waals surface area contributed by atoms with E-state index in [1.807, 2.05) is 53.4 Å². The van der Waals surface area contributed by atoms with Crippen molar-refractivity contribution in [1.82, 2.24) is 4.90 Å². The number of carbonyl (C=O) groups excluding carboxylic acids is 1. The van der Waals surface area contributed by atoms with Crippen molar-refractivity contribution in [3.05, 3.63) is 54.1 Å². The van der Waals surface area contributed by atoms with Gasteiger partial charge in [-0.3, -0.25) is 4.79 Å². The predicted molar refractivity (Wildman–Crippen MR) is 96.1 cm³/mol. The Bertz CT molecular complexity index is 715. The van der Waals surface area contributed by atoms with E-state index in [0.29, 0.717) is 12.1 Å². The number of piperidine rings is 1. The van der Waals surface area contributed by atoms with Gasteiger partial charge in [0.15, 0.2) is 0 Å². The van der Waals surface area contributed by atoms with Gasteiger partial charge in [-0.15, -0.1) is 0 Å². The number of likely N-dealkylation sites (tertiary alicyclic amines) is 1. The number of carbonyl (C=O) groups is 1. The molecule has 0 spiro atoms. The molecule has 1 aliphatic heterocycles. The van der Waals surface area contributed by atoms with Crippen LogP contribution in [0, 0.1) is 0 Å². The molecule has 1 heterocycles. The molecule has 1 amide bonds. The quantitative estimate of drug-likeness (QED) is 0.942. The highest BCUT2D eigenvalue weighted by Crippen LogP contribution is 2.31. The Morgan fingerprint density at radius 2 is 1.96 bits per heavy atom. The Morgan fingerprint density at radius 3 is 2.62 bits per heavy atom. The SMILES string of the molecule is COc1ccc(C(=O)N2CC[C@H](N)C[C@@H]2C)cc1-c1ccccc1. The fourth-order valence-electron chi connectivity index (χ4n) is 3.36. The maximum Gasteiger partial charge on any atom is 0.254 e. The van der Waals surface area contributed by atoms with E-state index in [2.05, 4.69) is 6.92 Å². The Kier molecular flexibility index (Phi) is 4.86. The second-order valence-electron chi connectivity index (χ2n) is 6.41. The second kappa shape index (κ2) is 7.05. The first-order valence-corrected chi connectivity index (χ1v) is 8.40. The molecule has 2 aromatic rings. The maximum absolute atomic E-state index is 12.9. The van der Waals surface area contributed by atoms with Crippen LogP contribution in [0.4, 0.5) is 0 Å². The van der Waals surface area contributed by atoms with E-state index in [1.54, 1.807) is 7.11 Å². The molecule has 0 aromatic heterocycles. The van der Waals surface area contributed by atoms with Gasteiger partial charge in [-0.2, -0.15) is 0 Å². The smallest absolute Gasteiger partial charge is 0.254 e. The van der Waals surface area contributed by atoms with E-state index in [9.17, 15) is 4.79 Å². The van der Waals surface area contributed by atoms with E-state index in [-0.39, 0.29) is 18.0 Å². The lowest BCUT2D eigenvalue weighted by Crippen LogP contribution is -2.48. The maximum atomic E-state index is 12.9. The summed E-state index contributed by atoms with van der Waals surface area (Å²) < 4.78 is 5.47. The zero-order valence-corrected chi connectivity index (χ0v) is 14.2.